The van der Waals surface area contributed by atoms with Crippen LogP contribution < -0.4 is 5.32 Å². The average molecular weight is 310 g/mol. The predicted octanol–water partition coefficient (Wildman–Crippen LogP) is 4.82. The van der Waals surface area contributed by atoms with E-state index in [1.54, 1.807) is 18.2 Å². The van der Waals surface area contributed by atoms with Crippen LogP contribution in [0.25, 0.3) is 0 Å². The van der Waals surface area contributed by atoms with Gasteiger partial charge in [0.2, 0.25) is 0 Å². The summed E-state index contributed by atoms with van der Waals surface area (Å²) in [4.78, 5) is 0. The van der Waals surface area contributed by atoms with Crippen molar-refractivity contribution in [3.63, 3.8) is 0 Å². The second-order valence-electron chi connectivity index (χ2n) is 5.05. The highest BCUT2D eigenvalue weighted by molar-refractivity contribution is 6.30. The summed E-state index contributed by atoms with van der Waals surface area (Å²) in [5.41, 5.74) is 1.88. The van der Waals surface area contributed by atoms with Crippen LogP contribution >= 0.6 is 11.6 Å². The molecule has 0 spiro atoms. The maximum atomic E-state index is 14.1. The second kappa shape index (κ2) is 7.01. The summed E-state index contributed by atoms with van der Waals surface area (Å²) >= 11 is 5.80. The molecule has 0 saturated carbocycles. The Hall–Kier alpha value is -1.45. The van der Waals surface area contributed by atoms with Crippen LogP contribution in [0.1, 0.15) is 29.7 Å². The van der Waals surface area contributed by atoms with Crippen molar-refractivity contribution in [3.8, 4) is 0 Å². The van der Waals surface area contributed by atoms with E-state index >= 15 is 0 Å². The number of aryl methyl sites for hydroxylation is 1. The summed E-state index contributed by atoms with van der Waals surface area (Å²) in [6.07, 6.45) is 0.347. The van der Waals surface area contributed by atoms with Crippen LogP contribution in [0.15, 0.2) is 36.4 Å². The quantitative estimate of drug-likeness (QED) is 0.835. The monoisotopic (exact) mass is 309 g/mol. The molecule has 2 rings (SSSR count). The lowest BCUT2D eigenvalue weighted by atomic mass is 9.97. The summed E-state index contributed by atoms with van der Waals surface area (Å²) in [6, 6.07) is 9.71. The fraction of sp³-hybridized carbons (Fsp3) is 0.294. The number of rotatable bonds is 5. The van der Waals surface area contributed by atoms with E-state index in [1.807, 2.05) is 19.9 Å². The molecule has 0 radical (unpaired) electrons. The molecule has 0 aliphatic rings. The first-order valence-electron chi connectivity index (χ1n) is 6.95. The van der Waals surface area contributed by atoms with Gasteiger partial charge in [0.15, 0.2) is 0 Å². The predicted molar refractivity (Wildman–Crippen MR) is 82.7 cm³/mol. The Bertz CT molecular complexity index is 628. The molecule has 0 heterocycles. The number of nitrogens with one attached hydrogen (secondary N) is 1. The molecule has 21 heavy (non-hydrogen) atoms. The zero-order chi connectivity index (χ0) is 15.4. The number of benzene rings is 2. The Morgan fingerprint density at radius 1 is 1.19 bits per heavy atom. The third-order valence-electron chi connectivity index (χ3n) is 3.44. The lowest BCUT2D eigenvalue weighted by molar-refractivity contribution is 0.498. The highest BCUT2D eigenvalue weighted by Crippen LogP contribution is 2.26. The highest BCUT2D eigenvalue weighted by atomic mass is 35.5. The van der Waals surface area contributed by atoms with Gasteiger partial charge in [0, 0.05) is 11.6 Å². The van der Waals surface area contributed by atoms with Gasteiger partial charge >= 0.3 is 0 Å². The topological polar surface area (TPSA) is 12.0 Å². The molecule has 0 amide bonds. The summed E-state index contributed by atoms with van der Waals surface area (Å²) in [7, 11) is 0. The first-order chi connectivity index (χ1) is 10.0. The lowest BCUT2D eigenvalue weighted by Gasteiger charge is -2.20. The van der Waals surface area contributed by atoms with Crippen LogP contribution in [0, 0.1) is 18.6 Å². The van der Waals surface area contributed by atoms with E-state index in [4.69, 9.17) is 11.6 Å². The minimum atomic E-state index is -0.436. The van der Waals surface area contributed by atoms with Crippen molar-refractivity contribution in [1.29, 1.82) is 0 Å². The molecule has 1 unspecified atom stereocenters. The SMILES string of the molecule is CCNC(Cc1cccc(Cl)c1F)c1ccc(C)cc1F. The molecule has 2 aromatic rings. The largest absolute Gasteiger partial charge is 0.310 e. The Kier molecular flexibility index (Phi) is 5.32. The van der Waals surface area contributed by atoms with Crippen molar-refractivity contribution in [3.05, 3.63) is 69.7 Å². The zero-order valence-electron chi connectivity index (χ0n) is 12.1. The summed E-state index contributed by atoms with van der Waals surface area (Å²) in [5, 5.41) is 3.29. The van der Waals surface area contributed by atoms with E-state index in [0.717, 1.165) is 5.56 Å². The number of hydrogen-bond acceptors (Lipinski definition) is 1. The molecule has 0 aliphatic heterocycles. The molecule has 4 heteroatoms. The van der Waals surface area contributed by atoms with Gasteiger partial charge < -0.3 is 5.32 Å². The van der Waals surface area contributed by atoms with Crippen LogP contribution in [0.2, 0.25) is 5.02 Å². The Labute approximate surface area is 128 Å². The summed E-state index contributed by atoms with van der Waals surface area (Å²) in [5.74, 6) is -0.710. The zero-order valence-corrected chi connectivity index (χ0v) is 12.8. The van der Waals surface area contributed by atoms with E-state index < -0.39 is 5.82 Å². The fourth-order valence-electron chi connectivity index (χ4n) is 2.38. The standard InChI is InChI=1S/C17H18ClF2N/c1-3-21-16(13-8-7-11(2)9-15(13)19)10-12-5-4-6-14(18)17(12)20/h4-9,16,21H,3,10H2,1-2H3. The van der Waals surface area contributed by atoms with Gasteiger partial charge in [0.05, 0.1) is 5.02 Å². The Morgan fingerprint density at radius 2 is 1.95 bits per heavy atom. The van der Waals surface area contributed by atoms with Gasteiger partial charge in [0.25, 0.3) is 0 Å². The van der Waals surface area contributed by atoms with Crippen molar-refractivity contribution < 1.29 is 8.78 Å². The van der Waals surface area contributed by atoms with Gasteiger partial charge in [-0.25, -0.2) is 8.78 Å². The molecule has 0 aromatic heterocycles. The van der Waals surface area contributed by atoms with Crippen molar-refractivity contribution >= 4 is 11.6 Å². The molecule has 1 N–H and O–H groups in total. The number of halogens is 3. The normalized spacial score (nSPS) is 12.4. The third kappa shape index (κ3) is 3.80. The third-order valence-corrected chi connectivity index (χ3v) is 3.73. The maximum Gasteiger partial charge on any atom is 0.145 e. The molecule has 0 fully saturated rings. The van der Waals surface area contributed by atoms with Gasteiger partial charge in [-0.2, -0.15) is 0 Å². The second-order valence-corrected chi connectivity index (χ2v) is 5.46. The van der Waals surface area contributed by atoms with Gasteiger partial charge in [0.1, 0.15) is 11.6 Å². The molecular formula is C17H18ClF2N. The minimum Gasteiger partial charge on any atom is -0.310 e. The number of hydrogen-bond donors (Lipinski definition) is 1. The molecule has 0 aliphatic carbocycles. The van der Waals surface area contributed by atoms with Crippen molar-refractivity contribution in [1.82, 2.24) is 5.32 Å². The van der Waals surface area contributed by atoms with Gasteiger partial charge in [-0.05, 0) is 43.1 Å². The number of likely N-dealkylation sites (N-methyl/N-ethyl adjacent to an activating group) is 1. The Balaban J connectivity index is 2.33. The molecule has 1 atom stereocenters. The van der Waals surface area contributed by atoms with Crippen LogP contribution in [0.3, 0.4) is 0 Å². The molecule has 0 bridgehead atoms. The summed E-state index contributed by atoms with van der Waals surface area (Å²) in [6.45, 7) is 4.44. The maximum absolute atomic E-state index is 14.1. The van der Waals surface area contributed by atoms with E-state index in [0.29, 0.717) is 24.1 Å². The van der Waals surface area contributed by atoms with Crippen LogP contribution in [-0.4, -0.2) is 6.54 Å². The first-order valence-corrected chi connectivity index (χ1v) is 7.33. The molecule has 2 aromatic carbocycles. The first kappa shape index (κ1) is 15.9. The average Bonchev–Trinajstić information content (AvgIpc) is 2.43. The Morgan fingerprint density at radius 3 is 2.62 bits per heavy atom. The summed E-state index contributed by atoms with van der Waals surface area (Å²) < 4.78 is 28.2. The van der Waals surface area contributed by atoms with Gasteiger partial charge in [-0.1, -0.05) is 42.8 Å². The van der Waals surface area contributed by atoms with Crippen LogP contribution in [0.4, 0.5) is 8.78 Å². The minimum absolute atomic E-state index is 0.0899. The smallest absolute Gasteiger partial charge is 0.145 e. The lowest BCUT2D eigenvalue weighted by Crippen LogP contribution is -2.24. The van der Waals surface area contributed by atoms with Crippen LogP contribution in [-0.2, 0) is 6.42 Å². The van der Waals surface area contributed by atoms with Crippen molar-refractivity contribution in [2.75, 3.05) is 6.54 Å². The van der Waals surface area contributed by atoms with E-state index in [9.17, 15) is 8.78 Å². The van der Waals surface area contributed by atoms with Crippen molar-refractivity contribution in [2.24, 2.45) is 0 Å². The highest BCUT2D eigenvalue weighted by Gasteiger charge is 2.18. The van der Waals surface area contributed by atoms with E-state index in [1.165, 1.54) is 12.1 Å². The van der Waals surface area contributed by atoms with Gasteiger partial charge in [-0.3, -0.25) is 0 Å². The fourth-order valence-corrected chi connectivity index (χ4v) is 2.57. The van der Waals surface area contributed by atoms with Gasteiger partial charge in [-0.15, -0.1) is 0 Å². The van der Waals surface area contributed by atoms with E-state index in [2.05, 4.69) is 5.32 Å². The van der Waals surface area contributed by atoms with Crippen molar-refractivity contribution in [2.45, 2.75) is 26.3 Å². The van der Waals surface area contributed by atoms with Crippen LogP contribution in [0.5, 0.6) is 0 Å². The molecular weight excluding hydrogens is 292 g/mol. The molecule has 0 saturated heterocycles. The molecule has 112 valence electrons. The van der Waals surface area contributed by atoms with E-state index in [-0.39, 0.29) is 16.9 Å². The molecule has 1 nitrogen and oxygen atoms in total.